The van der Waals surface area contributed by atoms with Gasteiger partial charge in [-0.2, -0.15) is 0 Å². The lowest BCUT2D eigenvalue weighted by Gasteiger charge is -2.21. The van der Waals surface area contributed by atoms with E-state index >= 15 is 0 Å². The minimum absolute atomic E-state index is 0.260. The Morgan fingerprint density at radius 3 is 2.50 bits per heavy atom. The summed E-state index contributed by atoms with van der Waals surface area (Å²) in [7, 11) is 1.60. The predicted molar refractivity (Wildman–Crippen MR) is 70.2 cm³/mol. The highest BCUT2D eigenvalue weighted by Crippen LogP contribution is 2.18. The van der Waals surface area contributed by atoms with Gasteiger partial charge in [0, 0.05) is 32.2 Å². The summed E-state index contributed by atoms with van der Waals surface area (Å²) in [5.41, 5.74) is 0. The molecule has 6 heteroatoms. The maximum absolute atomic E-state index is 12.1. The second kappa shape index (κ2) is 6.87. The summed E-state index contributed by atoms with van der Waals surface area (Å²) < 4.78 is 24.3. The third-order valence-electron chi connectivity index (χ3n) is 3.34. The quantitative estimate of drug-likeness (QED) is 0.590. The highest BCUT2D eigenvalue weighted by molar-refractivity contribution is 5.80. The zero-order valence-electron chi connectivity index (χ0n) is 11.6. The Kier molecular flexibility index (Phi) is 5.78. The van der Waals surface area contributed by atoms with Gasteiger partial charge in [0.25, 0.3) is 6.43 Å². The van der Waals surface area contributed by atoms with E-state index in [1.165, 1.54) is 0 Å². The summed E-state index contributed by atoms with van der Waals surface area (Å²) in [4.78, 5) is 6.35. The minimum atomic E-state index is -2.36. The number of rotatable bonds is 4. The predicted octanol–water partition coefficient (Wildman–Crippen LogP) is 1.15. The van der Waals surface area contributed by atoms with E-state index in [-0.39, 0.29) is 12.6 Å². The third-order valence-corrected chi connectivity index (χ3v) is 3.34. The molecular formula is C12H24F2N4. The zero-order chi connectivity index (χ0) is 13.7. The van der Waals surface area contributed by atoms with Crippen LogP contribution in [0.15, 0.2) is 4.99 Å². The fraction of sp³-hybridized carbons (Fsp3) is 0.917. The second-order valence-electron chi connectivity index (χ2n) is 5.12. The fourth-order valence-corrected chi connectivity index (χ4v) is 2.16. The molecule has 2 unspecified atom stereocenters. The number of aliphatic imine (C=N–C) groups is 1. The molecule has 1 saturated heterocycles. The Bertz CT molecular complexity index is 281. The van der Waals surface area contributed by atoms with Gasteiger partial charge in [-0.05, 0) is 19.8 Å². The normalized spacial score (nSPS) is 26.1. The van der Waals surface area contributed by atoms with Crippen LogP contribution in [0.4, 0.5) is 8.78 Å². The van der Waals surface area contributed by atoms with Gasteiger partial charge >= 0.3 is 0 Å². The van der Waals surface area contributed by atoms with Crippen molar-refractivity contribution in [2.24, 2.45) is 10.9 Å². The van der Waals surface area contributed by atoms with Gasteiger partial charge in [0.2, 0.25) is 0 Å². The molecule has 1 heterocycles. The SMILES string of the molecule is CN=C(NCC(F)F)NC1CN(C(C)C)CC1C. The van der Waals surface area contributed by atoms with E-state index in [2.05, 4.69) is 41.3 Å². The molecule has 1 aliphatic heterocycles. The lowest BCUT2D eigenvalue weighted by Crippen LogP contribution is -2.47. The first-order valence-electron chi connectivity index (χ1n) is 6.43. The number of halogens is 2. The highest BCUT2D eigenvalue weighted by Gasteiger charge is 2.31. The van der Waals surface area contributed by atoms with Crippen molar-refractivity contribution < 1.29 is 8.78 Å². The number of likely N-dealkylation sites (tertiary alicyclic amines) is 1. The fourth-order valence-electron chi connectivity index (χ4n) is 2.16. The largest absolute Gasteiger partial charge is 0.352 e. The van der Waals surface area contributed by atoms with Crippen LogP contribution in [0, 0.1) is 5.92 Å². The van der Waals surface area contributed by atoms with Crippen molar-refractivity contribution in [2.45, 2.75) is 39.3 Å². The molecule has 2 atom stereocenters. The molecule has 0 spiro atoms. The first-order chi connectivity index (χ1) is 8.43. The van der Waals surface area contributed by atoms with E-state index in [0.717, 1.165) is 13.1 Å². The molecule has 0 amide bonds. The average molecular weight is 262 g/mol. The van der Waals surface area contributed by atoms with Crippen LogP contribution in [0.25, 0.3) is 0 Å². The van der Waals surface area contributed by atoms with Crippen LogP contribution in [-0.4, -0.2) is 56.1 Å². The molecule has 0 aromatic rings. The number of alkyl halides is 2. The highest BCUT2D eigenvalue weighted by atomic mass is 19.3. The van der Waals surface area contributed by atoms with Gasteiger partial charge in [0.15, 0.2) is 5.96 Å². The summed E-state index contributed by atoms with van der Waals surface area (Å²) in [5.74, 6) is 0.940. The molecule has 1 aliphatic rings. The first-order valence-corrected chi connectivity index (χ1v) is 6.43. The molecule has 0 aliphatic carbocycles. The van der Waals surface area contributed by atoms with E-state index in [1.54, 1.807) is 7.05 Å². The van der Waals surface area contributed by atoms with Crippen molar-refractivity contribution in [3.05, 3.63) is 0 Å². The summed E-state index contributed by atoms with van der Waals surface area (Å²) in [5, 5.41) is 5.85. The van der Waals surface area contributed by atoms with Crippen LogP contribution in [0.1, 0.15) is 20.8 Å². The van der Waals surface area contributed by atoms with Gasteiger partial charge in [0.1, 0.15) is 0 Å². The van der Waals surface area contributed by atoms with Gasteiger partial charge in [-0.15, -0.1) is 0 Å². The summed E-state index contributed by atoms with van der Waals surface area (Å²) in [6.07, 6.45) is -2.36. The second-order valence-corrected chi connectivity index (χ2v) is 5.12. The Hall–Kier alpha value is -0.910. The van der Waals surface area contributed by atoms with Crippen LogP contribution in [0.3, 0.4) is 0 Å². The monoisotopic (exact) mass is 262 g/mol. The van der Waals surface area contributed by atoms with Gasteiger partial charge in [0.05, 0.1) is 6.54 Å². The van der Waals surface area contributed by atoms with Crippen molar-refractivity contribution in [3.8, 4) is 0 Å². The lowest BCUT2D eigenvalue weighted by atomic mass is 10.1. The number of hydrogen-bond donors (Lipinski definition) is 2. The first kappa shape index (κ1) is 15.1. The average Bonchev–Trinajstić information content (AvgIpc) is 2.66. The minimum Gasteiger partial charge on any atom is -0.352 e. The van der Waals surface area contributed by atoms with E-state index in [1.807, 2.05) is 0 Å². The molecule has 4 nitrogen and oxygen atoms in total. The molecular weight excluding hydrogens is 238 g/mol. The number of guanidine groups is 1. The maximum atomic E-state index is 12.1. The van der Waals surface area contributed by atoms with Crippen LogP contribution < -0.4 is 10.6 Å². The molecule has 106 valence electrons. The van der Waals surface area contributed by atoms with Crippen LogP contribution in [0.2, 0.25) is 0 Å². The molecule has 0 saturated carbocycles. The Balaban J connectivity index is 2.45. The van der Waals surface area contributed by atoms with Crippen LogP contribution in [0.5, 0.6) is 0 Å². The Labute approximate surface area is 108 Å². The van der Waals surface area contributed by atoms with Crippen molar-refractivity contribution >= 4 is 5.96 Å². The molecule has 1 rings (SSSR count). The summed E-state index contributed by atoms with van der Waals surface area (Å²) in [6.45, 7) is 8.09. The number of nitrogens with one attached hydrogen (secondary N) is 2. The van der Waals surface area contributed by atoms with Crippen molar-refractivity contribution in [3.63, 3.8) is 0 Å². The summed E-state index contributed by atoms with van der Waals surface area (Å²) >= 11 is 0. The van der Waals surface area contributed by atoms with E-state index < -0.39 is 6.43 Å². The molecule has 1 fully saturated rings. The van der Waals surface area contributed by atoms with Crippen LogP contribution in [-0.2, 0) is 0 Å². The smallest absolute Gasteiger partial charge is 0.255 e. The van der Waals surface area contributed by atoms with Gasteiger partial charge in [-0.25, -0.2) is 8.78 Å². The standard InChI is InChI=1S/C12H24F2N4/c1-8(2)18-6-9(3)10(7-18)17-12(15-4)16-5-11(13)14/h8-11H,5-7H2,1-4H3,(H2,15,16,17). The van der Waals surface area contributed by atoms with E-state index in [9.17, 15) is 8.78 Å². The Morgan fingerprint density at radius 2 is 2.06 bits per heavy atom. The Morgan fingerprint density at radius 1 is 1.39 bits per heavy atom. The van der Waals surface area contributed by atoms with Crippen molar-refractivity contribution in [1.29, 1.82) is 0 Å². The summed E-state index contributed by atoms with van der Waals surface area (Å²) in [6, 6.07) is 0.770. The van der Waals surface area contributed by atoms with Gasteiger partial charge < -0.3 is 10.6 Å². The van der Waals surface area contributed by atoms with Gasteiger partial charge in [-0.3, -0.25) is 9.89 Å². The van der Waals surface area contributed by atoms with E-state index in [4.69, 9.17) is 0 Å². The third kappa shape index (κ3) is 4.40. The van der Waals surface area contributed by atoms with Gasteiger partial charge in [-0.1, -0.05) is 6.92 Å². The molecule has 0 aromatic carbocycles. The number of nitrogens with zero attached hydrogens (tertiary/aromatic N) is 2. The topological polar surface area (TPSA) is 39.7 Å². The molecule has 2 N–H and O–H groups in total. The maximum Gasteiger partial charge on any atom is 0.255 e. The van der Waals surface area contributed by atoms with Crippen molar-refractivity contribution in [2.75, 3.05) is 26.7 Å². The zero-order valence-corrected chi connectivity index (χ0v) is 11.6. The molecule has 0 radical (unpaired) electrons. The molecule has 0 aromatic heterocycles. The molecule has 0 bridgehead atoms. The van der Waals surface area contributed by atoms with Crippen LogP contribution >= 0.6 is 0 Å². The van der Waals surface area contributed by atoms with E-state index in [0.29, 0.717) is 17.9 Å². The molecule has 18 heavy (non-hydrogen) atoms. The lowest BCUT2D eigenvalue weighted by molar-refractivity contribution is 0.152. The van der Waals surface area contributed by atoms with Crippen molar-refractivity contribution in [1.82, 2.24) is 15.5 Å². The number of hydrogen-bond acceptors (Lipinski definition) is 2.